The first-order valence-electron chi connectivity index (χ1n) is 2.44. The number of aliphatic hydroxyl groups is 2. The molecule has 0 heterocycles. The fourth-order valence-electron chi connectivity index (χ4n) is 0.236. The molecule has 0 aromatic rings. The molecule has 0 bridgehead atoms. The number of hydrogen-bond donors (Lipinski definition) is 4. The molecule has 0 saturated carbocycles. The predicted octanol–water partition coefficient (Wildman–Crippen LogP) is -7.15. The maximum atomic E-state index is 9.93. The van der Waals surface area contributed by atoms with Crippen molar-refractivity contribution in [2.75, 3.05) is 13.2 Å². The van der Waals surface area contributed by atoms with Crippen molar-refractivity contribution < 1.29 is 61.9 Å². The summed E-state index contributed by atoms with van der Waals surface area (Å²) in [7, 11) is -4.50. The Bertz CT molecular complexity index is 138. The van der Waals surface area contributed by atoms with Crippen LogP contribution in [0, 0.1) is 0 Å². The van der Waals surface area contributed by atoms with Crippen LogP contribution in [0.3, 0.4) is 0 Å². The van der Waals surface area contributed by atoms with Gasteiger partial charge in [0.2, 0.25) is 0 Å². The van der Waals surface area contributed by atoms with E-state index < -0.39 is 27.1 Å². The molecule has 0 aliphatic heterocycles. The van der Waals surface area contributed by atoms with Gasteiger partial charge < -0.3 is 52.9 Å². The maximum absolute atomic E-state index is 9.93. The summed E-state index contributed by atoms with van der Waals surface area (Å²) in [5.74, 6) is 0. The minimum atomic E-state index is -4.50. The van der Waals surface area contributed by atoms with Crippen LogP contribution in [-0.2, 0) is 9.09 Å². The standard InChI is InChI=1S/C3H9O6P.Na.6H2O.H/c4-1-3(5)2-9-10(6,7)8;;;;;;;;/h3-5H,1-2H2,(H2,6,7,8);;6*1H2;. The third-order valence-corrected chi connectivity index (χ3v) is 1.13. The summed E-state index contributed by atoms with van der Waals surface area (Å²) in [6.07, 6.45) is -1.24. The van der Waals surface area contributed by atoms with Crippen molar-refractivity contribution in [2.45, 2.75) is 6.10 Å². The van der Waals surface area contributed by atoms with Crippen LogP contribution in [0.4, 0.5) is 0 Å². The monoisotopic (exact) mass is 304 g/mol. The summed E-state index contributed by atoms with van der Waals surface area (Å²) in [4.78, 5) is 16.1. The molecule has 1 unspecified atom stereocenters. The topological polar surface area (TPSA) is 296 Å². The van der Waals surface area contributed by atoms with Crippen molar-refractivity contribution >= 4 is 37.4 Å². The van der Waals surface area contributed by atoms with Gasteiger partial charge in [0.25, 0.3) is 0 Å². The van der Waals surface area contributed by atoms with E-state index in [1.165, 1.54) is 0 Å². The Balaban J connectivity index is -0.0000000193. The molecule has 0 spiro atoms. The average Bonchev–Trinajstić information content (AvgIpc) is 1.81. The number of hydrogen-bond acceptors (Lipinski definition) is 4. The summed E-state index contributed by atoms with van der Waals surface area (Å²) < 4.78 is 13.8. The van der Waals surface area contributed by atoms with E-state index in [-0.39, 0.29) is 62.4 Å². The molecule has 112 valence electrons. The van der Waals surface area contributed by atoms with Gasteiger partial charge in [-0.05, 0) is 0 Å². The zero-order valence-electron chi connectivity index (χ0n) is 8.04. The van der Waals surface area contributed by atoms with E-state index in [2.05, 4.69) is 4.52 Å². The quantitative estimate of drug-likeness (QED) is 0.288. The number of phosphoric ester groups is 1. The van der Waals surface area contributed by atoms with Gasteiger partial charge in [-0.2, -0.15) is 0 Å². The van der Waals surface area contributed by atoms with Crippen LogP contribution in [0.2, 0.25) is 0 Å². The molecule has 0 saturated heterocycles. The minimum absolute atomic E-state index is 0. The fourth-order valence-corrected chi connectivity index (χ4v) is 0.602. The second-order valence-electron chi connectivity index (χ2n) is 1.62. The number of aliphatic hydroxyl groups excluding tert-OH is 2. The van der Waals surface area contributed by atoms with Crippen molar-refractivity contribution in [3.63, 3.8) is 0 Å². The van der Waals surface area contributed by atoms with Crippen LogP contribution in [0.5, 0.6) is 0 Å². The molecule has 0 fully saturated rings. The Kier molecular flexibility index (Phi) is 78.8. The van der Waals surface area contributed by atoms with Gasteiger partial charge in [-0.15, -0.1) is 0 Å². The van der Waals surface area contributed by atoms with Crippen LogP contribution in [-0.4, -0.2) is 102 Å². The van der Waals surface area contributed by atoms with E-state index in [4.69, 9.17) is 20.0 Å². The Hall–Kier alpha value is 0.790. The normalized spacial score (nSPS) is 8.94. The van der Waals surface area contributed by atoms with Crippen molar-refractivity contribution in [1.29, 1.82) is 0 Å². The summed E-state index contributed by atoms with van der Waals surface area (Å²) >= 11 is 0. The van der Waals surface area contributed by atoms with E-state index >= 15 is 0 Å². The van der Waals surface area contributed by atoms with Gasteiger partial charge in [0.15, 0.2) is 0 Å². The summed E-state index contributed by atoms with van der Waals surface area (Å²) in [5.41, 5.74) is 0. The Labute approximate surface area is 119 Å². The molecular formula is C3H22NaO12P. The molecule has 17 heavy (non-hydrogen) atoms. The first kappa shape index (κ1) is 52.3. The van der Waals surface area contributed by atoms with Crippen LogP contribution >= 0.6 is 7.82 Å². The molecule has 0 aliphatic rings. The SMILES string of the molecule is O.O.O.O.O.O.O=P(O)(O)OCC(O)CO.[NaH]. The summed E-state index contributed by atoms with van der Waals surface area (Å²) in [5, 5.41) is 16.7. The van der Waals surface area contributed by atoms with E-state index in [9.17, 15) is 4.57 Å². The molecule has 1 atom stereocenters. The third-order valence-electron chi connectivity index (χ3n) is 0.646. The van der Waals surface area contributed by atoms with Gasteiger partial charge in [0, 0.05) is 0 Å². The van der Waals surface area contributed by atoms with Crippen LogP contribution in [0.15, 0.2) is 0 Å². The zero-order chi connectivity index (χ0) is 8.20. The van der Waals surface area contributed by atoms with Crippen molar-refractivity contribution in [1.82, 2.24) is 0 Å². The molecule has 0 radical (unpaired) electrons. The van der Waals surface area contributed by atoms with Crippen molar-refractivity contribution in [3.8, 4) is 0 Å². The Morgan fingerprint density at radius 1 is 1.00 bits per heavy atom. The van der Waals surface area contributed by atoms with Crippen LogP contribution < -0.4 is 0 Å². The first-order valence-corrected chi connectivity index (χ1v) is 3.98. The molecule has 0 amide bonds. The zero-order valence-corrected chi connectivity index (χ0v) is 8.94. The molecule has 0 aliphatic carbocycles. The molecule has 14 heteroatoms. The summed E-state index contributed by atoms with van der Waals surface area (Å²) in [6.45, 7) is -1.15. The second-order valence-corrected chi connectivity index (χ2v) is 2.86. The second kappa shape index (κ2) is 25.6. The summed E-state index contributed by atoms with van der Waals surface area (Å²) in [6, 6.07) is 0. The molecule has 0 aromatic heterocycles. The van der Waals surface area contributed by atoms with Gasteiger partial charge in [0.05, 0.1) is 13.2 Å². The third kappa shape index (κ3) is 47.5. The number of phosphoric acid groups is 1. The van der Waals surface area contributed by atoms with Gasteiger partial charge >= 0.3 is 37.4 Å². The van der Waals surface area contributed by atoms with Gasteiger partial charge in [-0.25, -0.2) is 4.57 Å². The average molecular weight is 304 g/mol. The molecular weight excluding hydrogens is 282 g/mol. The van der Waals surface area contributed by atoms with E-state index in [0.717, 1.165) is 0 Å². The number of rotatable bonds is 4. The van der Waals surface area contributed by atoms with Crippen molar-refractivity contribution in [2.24, 2.45) is 0 Å². The van der Waals surface area contributed by atoms with Gasteiger partial charge in [0.1, 0.15) is 6.10 Å². The Morgan fingerprint density at radius 2 is 1.29 bits per heavy atom. The van der Waals surface area contributed by atoms with Gasteiger partial charge in [-0.3, -0.25) is 4.52 Å². The first-order chi connectivity index (χ1) is 4.45. The van der Waals surface area contributed by atoms with E-state index in [1.54, 1.807) is 0 Å². The Morgan fingerprint density at radius 3 is 1.47 bits per heavy atom. The van der Waals surface area contributed by atoms with Gasteiger partial charge in [-0.1, -0.05) is 0 Å². The van der Waals surface area contributed by atoms with Crippen molar-refractivity contribution in [3.05, 3.63) is 0 Å². The fraction of sp³-hybridized carbons (Fsp3) is 1.00. The van der Waals surface area contributed by atoms with E-state index in [0.29, 0.717) is 0 Å². The van der Waals surface area contributed by atoms with E-state index in [1.807, 2.05) is 0 Å². The molecule has 0 rings (SSSR count). The molecule has 12 nitrogen and oxygen atoms in total. The molecule has 16 N–H and O–H groups in total. The van der Waals surface area contributed by atoms with Crippen LogP contribution in [0.25, 0.3) is 0 Å². The molecule has 0 aromatic carbocycles. The predicted molar refractivity (Wildman–Crippen MR) is 59.9 cm³/mol. The van der Waals surface area contributed by atoms with Crippen LogP contribution in [0.1, 0.15) is 0 Å².